The summed E-state index contributed by atoms with van der Waals surface area (Å²) in [6, 6.07) is 6.31. The number of piperidine rings is 1. The van der Waals surface area contributed by atoms with Crippen molar-refractivity contribution in [2.45, 2.75) is 50.3 Å². The fourth-order valence-corrected chi connectivity index (χ4v) is 4.97. The zero-order valence-corrected chi connectivity index (χ0v) is 17.4. The van der Waals surface area contributed by atoms with E-state index in [2.05, 4.69) is 22.0 Å². The Morgan fingerprint density at radius 3 is 2.71 bits per heavy atom. The Hall–Kier alpha value is -1.93. The van der Waals surface area contributed by atoms with Gasteiger partial charge in [0, 0.05) is 24.6 Å². The summed E-state index contributed by atoms with van der Waals surface area (Å²) in [5.41, 5.74) is 0.611. The molecule has 0 spiro atoms. The SMILES string of the molecule is C[C@H]1CCC[NH+](CC(=O)Nc2ccc(S(=O)(=O)NC3=NCCCCC3)cc2)C1. The van der Waals surface area contributed by atoms with Crippen LogP contribution in [0, 0.1) is 5.92 Å². The van der Waals surface area contributed by atoms with Crippen LogP contribution in [0.3, 0.4) is 0 Å². The van der Waals surface area contributed by atoms with Crippen molar-refractivity contribution in [3.8, 4) is 0 Å². The molecule has 28 heavy (non-hydrogen) atoms. The first kappa shape index (κ1) is 20.8. The van der Waals surface area contributed by atoms with Crippen LogP contribution in [0.1, 0.15) is 45.4 Å². The van der Waals surface area contributed by atoms with Gasteiger partial charge in [0.1, 0.15) is 5.84 Å². The maximum atomic E-state index is 12.6. The number of sulfonamides is 1. The zero-order valence-electron chi connectivity index (χ0n) is 16.5. The molecule has 1 amide bonds. The third-order valence-corrected chi connectivity index (χ3v) is 6.75. The predicted octanol–water partition coefficient (Wildman–Crippen LogP) is 1.19. The lowest BCUT2D eigenvalue weighted by molar-refractivity contribution is -0.900. The van der Waals surface area contributed by atoms with Gasteiger partial charge >= 0.3 is 0 Å². The van der Waals surface area contributed by atoms with Gasteiger partial charge in [-0.15, -0.1) is 0 Å². The van der Waals surface area contributed by atoms with Gasteiger partial charge in [-0.05, 0) is 49.9 Å². The number of amides is 1. The normalized spacial score (nSPS) is 23.4. The molecule has 1 aromatic carbocycles. The molecule has 2 heterocycles. The second-order valence-electron chi connectivity index (χ2n) is 7.95. The summed E-state index contributed by atoms with van der Waals surface area (Å²) < 4.78 is 27.7. The number of quaternary nitrogens is 1. The average Bonchev–Trinajstić information content (AvgIpc) is 2.90. The van der Waals surface area contributed by atoms with Crippen LogP contribution in [0.2, 0.25) is 0 Å². The third kappa shape index (κ3) is 6.04. The topological polar surface area (TPSA) is 92.1 Å². The second-order valence-corrected chi connectivity index (χ2v) is 9.63. The summed E-state index contributed by atoms with van der Waals surface area (Å²) in [4.78, 5) is 18.1. The van der Waals surface area contributed by atoms with Gasteiger partial charge < -0.3 is 10.2 Å². The molecule has 2 atom stereocenters. The minimum absolute atomic E-state index is 0.0364. The number of carbonyl (C=O) groups excluding carboxylic acids is 1. The number of rotatable bonds is 5. The van der Waals surface area contributed by atoms with E-state index in [1.54, 1.807) is 12.1 Å². The molecule has 1 aromatic rings. The lowest BCUT2D eigenvalue weighted by atomic mass is 10.0. The largest absolute Gasteiger partial charge is 0.327 e. The first-order valence-electron chi connectivity index (χ1n) is 10.2. The first-order chi connectivity index (χ1) is 13.4. The number of nitrogens with zero attached hydrogens (tertiary/aromatic N) is 1. The van der Waals surface area contributed by atoms with E-state index in [-0.39, 0.29) is 10.8 Å². The molecule has 1 unspecified atom stereocenters. The van der Waals surface area contributed by atoms with Gasteiger partial charge in [0.2, 0.25) is 0 Å². The van der Waals surface area contributed by atoms with Gasteiger partial charge in [-0.1, -0.05) is 13.3 Å². The van der Waals surface area contributed by atoms with Crippen molar-refractivity contribution < 1.29 is 18.1 Å². The Morgan fingerprint density at radius 1 is 1.18 bits per heavy atom. The van der Waals surface area contributed by atoms with Crippen molar-refractivity contribution >= 4 is 27.5 Å². The van der Waals surface area contributed by atoms with Gasteiger partial charge in [0.25, 0.3) is 15.9 Å². The van der Waals surface area contributed by atoms with E-state index >= 15 is 0 Å². The number of amidine groups is 1. The maximum Gasteiger partial charge on any atom is 0.279 e. The number of benzene rings is 1. The Morgan fingerprint density at radius 2 is 1.96 bits per heavy atom. The Kier molecular flexibility index (Phi) is 7.07. The highest BCUT2D eigenvalue weighted by Crippen LogP contribution is 2.15. The molecule has 0 saturated carbocycles. The summed E-state index contributed by atoms with van der Waals surface area (Å²) in [5.74, 6) is 1.16. The van der Waals surface area contributed by atoms with Crippen LogP contribution in [0.25, 0.3) is 0 Å². The maximum absolute atomic E-state index is 12.6. The third-order valence-electron chi connectivity index (χ3n) is 5.35. The Bertz CT molecular complexity index is 805. The van der Waals surface area contributed by atoms with Crippen LogP contribution in [0.15, 0.2) is 34.2 Å². The molecule has 0 aromatic heterocycles. The van der Waals surface area contributed by atoms with Crippen molar-refractivity contribution in [3.63, 3.8) is 0 Å². The van der Waals surface area contributed by atoms with Gasteiger partial charge in [0.15, 0.2) is 6.54 Å². The van der Waals surface area contributed by atoms with E-state index in [1.807, 2.05) is 0 Å². The van der Waals surface area contributed by atoms with Crippen LogP contribution in [-0.2, 0) is 14.8 Å². The lowest BCUT2D eigenvalue weighted by Crippen LogP contribution is -3.14. The molecule has 2 aliphatic rings. The summed E-state index contributed by atoms with van der Waals surface area (Å²) >= 11 is 0. The number of aliphatic imine (C=N–C) groups is 1. The second kappa shape index (κ2) is 9.52. The van der Waals surface area contributed by atoms with E-state index in [0.29, 0.717) is 37.0 Å². The van der Waals surface area contributed by atoms with Gasteiger partial charge in [-0.25, -0.2) is 8.42 Å². The van der Waals surface area contributed by atoms with Gasteiger partial charge in [0.05, 0.1) is 18.0 Å². The predicted molar refractivity (Wildman–Crippen MR) is 110 cm³/mol. The van der Waals surface area contributed by atoms with E-state index in [1.165, 1.54) is 23.5 Å². The summed E-state index contributed by atoms with van der Waals surface area (Å²) in [5, 5.41) is 2.87. The van der Waals surface area contributed by atoms with Crippen LogP contribution < -0.4 is 14.9 Å². The number of likely N-dealkylation sites (tertiary alicyclic amines) is 1. The number of hydrogen-bond donors (Lipinski definition) is 3. The molecule has 8 heteroatoms. The highest BCUT2D eigenvalue weighted by molar-refractivity contribution is 7.90. The van der Waals surface area contributed by atoms with Crippen molar-refractivity contribution in [2.24, 2.45) is 10.9 Å². The molecule has 1 saturated heterocycles. The first-order valence-corrected chi connectivity index (χ1v) is 11.7. The van der Waals surface area contributed by atoms with Crippen molar-refractivity contribution in [3.05, 3.63) is 24.3 Å². The van der Waals surface area contributed by atoms with Crippen molar-refractivity contribution in [2.75, 3.05) is 31.5 Å². The molecular weight excluding hydrogens is 376 g/mol. The summed E-state index contributed by atoms with van der Waals surface area (Å²) in [7, 11) is -3.65. The number of anilines is 1. The summed E-state index contributed by atoms with van der Waals surface area (Å²) in [6.07, 6.45) is 6.07. The molecular formula is C20H31N4O3S+. The monoisotopic (exact) mass is 407 g/mol. The van der Waals surface area contributed by atoms with Gasteiger partial charge in [-0.2, -0.15) is 0 Å². The average molecular weight is 408 g/mol. The minimum Gasteiger partial charge on any atom is -0.327 e. The molecule has 3 rings (SSSR count). The standard InChI is InChI=1S/C20H30N4O3S/c1-16-6-5-13-24(14-16)15-20(25)22-17-8-10-18(11-9-17)28(26,27)23-19-7-3-2-4-12-21-19/h8-11,16H,2-7,12-15H2,1H3,(H,21,23)(H,22,25)/p+1/t16-/m0/s1. The van der Waals surface area contributed by atoms with Crippen molar-refractivity contribution in [1.82, 2.24) is 4.72 Å². The van der Waals surface area contributed by atoms with Crippen LogP contribution in [-0.4, -0.2) is 46.3 Å². The molecule has 1 fully saturated rings. The molecule has 0 radical (unpaired) electrons. The fourth-order valence-electron chi connectivity index (χ4n) is 3.88. The summed E-state index contributed by atoms with van der Waals surface area (Å²) in [6.45, 7) is 5.40. The lowest BCUT2D eigenvalue weighted by Gasteiger charge is -2.27. The minimum atomic E-state index is -3.65. The van der Waals surface area contributed by atoms with Crippen LogP contribution in [0.4, 0.5) is 5.69 Å². The fraction of sp³-hybridized carbons (Fsp3) is 0.600. The highest BCUT2D eigenvalue weighted by atomic mass is 32.2. The zero-order chi connectivity index (χ0) is 20.0. The van der Waals surface area contributed by atoms with Crippen LogP contribution >= 0.6 is 0 Å². The van der Waals surface area contributed by atoms with E-state index < -0.39 is 10.0 Å². The molecule has 0 aliphatic carbocycles. The molecule has 0 bridgehead atoms. The quantitative estimate of drug-likeness (QED) is 0.685. The van der Waals surface area contributed by atoms with Crippen molar-refractivity contribution in [1.29, 1.82) is 0 Å². The Labute approximate surface area is 167 Å². The highest BCUT2D eigenvalue weighted by Gasteiger charge is 2.22. The number of nitrogens with one attached hydrogen (secondary N) is 3. The van der Waals surface area contributed by atoms with E-state index in [0.717, 1.165) is 38.8 Å². The molecule has 2 aliphatic heterocycles. The smallest absolute Gasteiger partial charge is 0.279 e. The van der Waals surface area contributed by atoms with Gasteiger partial charge in [-0.3, -0.25) is 14.5 Å². The van der Waals surface area contributed by atoms with E-state index in [4.69, 9.17) is 0 Å². The Balaban J connectivity index is 1.56. The van der Waals surface area contributed by atoms with E-state index in [9.17, 15) is 13.2 Å². The van der Waals surface area contributed by atoms with Crippen LogP contribution in [0.5, 0.6) is 0 Å². The molecule has 154 valence electrons. The molecule has 3 N–H and O–H groups in total. The molecule has 7 nitrogen and oxygen atoms in total. The number of hydrogen-bond acceptors (Lipinski definition) is 4. The number of carbonyl (C=O) groups is 1.